The Kier molecular flexibility index (Phi) is 6.38. The molecule has 9 heteroatoms. The standard InChI is InChI=1S/C32H31FN6O2/c1-18-29(19(2)41-38-18)24-16-26-23(17-27(24)40-3)30-31(21-9-11-34-25-8-7-20(33)15-22(21)25)36-28(37-32(30)35-26)10-14-39-12-5-4-6-13-39/h7-9,11,15-17H,4-6,10,12-14H2,1-3H3,(H,35,36,37). The zero-order chi connectivity index (χ0) is 28.1. The normalized spacial score (nSPS) is 14.4. The second kappa shape index (κ2) is 10.2. The van der Waals surface area contributed by atoms with Crippen LogP contribution in [0.2, 0.25) is 0 Å². The predicted octanol–water partition coefficient (Wildman–Crippen LogP) is 6.77. The lowest BCUT2D eigenvalue weighted by Crippen LogP contribution is -2.31. The number of halogens is 1. The molecule has 7 rings (SSSR count). The molecule has 2 aromatic carbocycles. The first kappa shape index (κ1) is 25.6. The highest BCUT2D eigenvalue weighted by molar-refractivity contribution is 6.15. The molecule has 0 aliphatic carbocycles. The molecule has 0 bridgehead atoms. The highest BCUT2D eigenvalue weighted by Gasteiger charge is 2.22. The van der Waals surface area contributed by atoms with E-state index in [2.05, 4.69) is 26.1 Å². The van der Waals surface area contributed by atoms with Crippen molar-refractivity contribution in [3.05, 3.63) is 65.7 Å². The number of rotatable bonds is 6. The van der Waals surface area contributed by atoms with Crippen LogP contribution in [-0.4, -0.2) is 56.7 Å². The number of H-pyrrole nitrogens is 1. The number of piperidine rings is 1. The number of aromatic nitrogens is 5. The maximum Gasteiger partial charge on any atom is 0.142 e. The number of fused-ring (bicyclic) bond motifs is 4. The van der Waals surface area contributed by atoms with E-state index in [1.165, 1.54) is 31.4 Å². The van der Waals surface area contributed by atoms with E-state index in [0.717, 1.165) is 87.7 Å². The summed E-state index contributed by atoms with van der Waals surface area (Å²) in [7, 11) is 1.66. The molecule has 0 amide bonds. The van der Waals surface area contributed by atoms with Gasteiger partial charge in [-0.2, -0.15) is 0 Å². The van der Waals surface area contributed by atoms with E-state index in [4.69, 9.17) is 19.2 Å². The molecule has 6 aromatic rings. The van der Waals surface area contributed by atoms with Crippen LogP contribution in [0.1, 0.15) is 36.5 Å². The highest BCUT2D eigenvalue weighted by Crippen LogP contribution is 2.42. The number of nitrogens with zero attached hydrogens (tertiary/aromatic N) is 5. The number of aryl methyl sites for hydroxylation is 2. The Hall–Kier alpha value is -4.37. The maximum absolute atomic E-state index is 14.5. The molecule has 0 spiro atoms. The molecule has 5 heterocycles. The Labute approximate surface area is 236 Å². The molecule has 0 radical (unpaired) electrons. The number of ether oxygens (including phenoxy) is 1. The summed E-state index contributed by atoms with van der Waals surface area (Å²) < 4.78 is 25.8. The van der Waals surface area contributed by atoms with E-state index < -0.39 is 0 Å². The van der Waals surface area contributed by atoms with Gasteiger partial charge in [0.05, 0.1) is 35.0 Å². The van der Waals surface area contributed by atoms with Crippen molar-refractivity contribution in [1.29, 1.82) is 0 Å². The number of benzene rings is 2. The number of likely N-dealkylation sites (tertiary alicyclic amines) is 1. The minimum absolute atomic E-state index is 0.313. The van der Waals surface area contributed by atoms with Gasteiger partial charge in [-0.3, -0.25) is 4.98 Å². The van der Waals surface area contributed by atoms with Crippen molar-refractivity contribution in [3.63, 3.8) is 0 Å². The van der Waals surface area contributed by atoms with Crippen LogP contribution in [0.5, 0.6) is 5.75 Å². The second-order valence-corrected chi connectivity index (χ2v) is 10.8. The summed E-state index contributed by atoms with van der Waals surface area (Å²) in [5.74, 6) is 1.86. The van der Waals surface area contributed by atoms with Crippen LogP contribution < -0.4 is 4.74 Å². The Bertz CT molecular complexity index is 1900. The van der Waals surface area contributed by atoms with Crippen molar-refractivity contribution in [2.75, 3.05) is 26.7 Å². The average molecular weight is 551 g/mol. The lowest BCUT2D eigenvalue weighted by Gasteiger charge is -2.26. The summed E-state index contributed by atoms with van der Waals surface area (Å²) in [6, 6.07) is 10.7. The van der Waals surface area contributed by atoms with Gasteiger partial charge in [0.2, 0.25) is 0 Å². The SMILES string of the molecule is COc1cc2c(cc1-c1c(C)noc1C)[nH]c1nc(CCN3CCCCC3)nc(-c3ccnc4ccc(F)cc34)c12. The minimum Gasteiger partial charge on any atom is -0.496 e. The van der Waals surface area contributed by atoms with Gasteiger partial charge in [-0.15, -0.1) is 0 Å². The van der Waals surface area contributed by atoms with Crippen LogP contribution >= 0.6 is 0 Å². The van der Waals surface area contributed by atoms with Gasteiger partial charge in [0.1, 0.15) is 28.8 Å². The van der Waals surface area contributed by atoms with Crippen LogP contribution in [0.15, 0.2) is 47.1 Å². The molecule has 1 fully saturated rings. The molecule has 1 aliphatic heterocycles. The molecular weight excluding hydrogens is 519 g/mol. The molecule has 1 aliphatic rings. The molecule has 1 saturated heterocycles. The van der Waals surface area contributed by atoms with Crippen molar-refractivity contribution < 1.29 is 13.7 Å². The van der Waals surface area contributed by atoms with E-state index in [1.807, 2.05) is 26.0 Å². The van der Waals surface area contributed by atoms with Gasteiger partial charge in [-0.25, -0.2) is 14.4 Å². The van der Waals surface area contributed by atoms with E-state index in [0.29, 0.717) is 16.7 Å². The number of nitrogens with one attached hydrogen (secondary N) is 1. The number of aromatic amines is 1. The predicted molar refractivity (Wildman–Crippen MR) is 158 cm³/mol. The fourth-order valence-electron chi connectivity index (χ4n) is 6.17. The lowest BCUT2D eigenvalue weighted by atomic mass is 9.98. The number of methoxy groups -OCH3 is 1. The number of hydrogen-bond acceptors (Lipinski definition) is 7. The highest BCUT2D eigenvalue weighted by atomic mass is 19.1. The molecule has 4 aromatic heterocycles. The van der Waals surface area contributed by atoms with Gasteiger partial charge < -0.3 is 19.1 Å². The minimum atomic E-state index is -0.313. The van der Waals surface area contributed by atoms with Gasteiger partial charge in [-0.1, -0.05) is 11.6 Å². The molecule has 0 unspecified atom stereocenters. The van der Waals surface area contributed by atoms with Crippen molar-refractivity contribution in [2.45, 2.75) is 39.5 Å². The Morgan fingerprint density at radius 2 is 1.85 bits per heavy atom. The van der Waals surface area contributed by atoms with Crippen molar-refractivity contribution in [2.24, 2.45) is 0 Å². The topological polar surface area (TPSA) is 93.0 Å². The van der Waals surface area contributed by atoms with Gasteiger partial charge in [0, 0.05) is 46.6 Å². The zero-order valence-electron chi connectivity index (χ0n) is 23.4. The third-order valence-electron chi connectivity index (χ3n) is 8.18. The van der Waals surface area contributed by atoms with Gasteiger partial charge >= 0.3 is 0 Å². The van der Waals surface area contributed by atoms with Crippen molar-refractivity contribution in [1.82, 2.24) is 30.0 Å². The first-order chi connectivity index (χ1) is 20.0. The van der Waals surface area contributed by atoms with Gasteiger partial charge in [0.25, 0.3) is 0 Å². The first-order valence-corrected chi connectivity index (χ1v) is 14.1. The summed E-state index contributed by atoms with van der Waals surface area (Å²) in [6.07, 6.45) is 6.24. The fraction of sp³-hybridized carbons (Fsp3) is 0.312. The van der Waals surface area contributed by atoms with E-state index in [9.17, 15) is 4.39 Å². The van der Waals surface area contributed by atoms with Crippen LogP contribution in [0.25, 0.3) is 55.2 Å². The summed E-state index contributed by atoms with van der Waals surface area (Å²) >= 11 is 0. The van der Waals surface area contributed by atoms with Crippen molar-refractivity contribution in [3.8, 4) is 28.1 Å². The quantitative estimate of drug-likeness (QED) is 0.244. The fourth-order valence-corrected chi connectivity index (χ4v) is 6.17. The monoisotopic (exact) mass is 550 g/mol. The lowest BCUT2D eigenvalue weighted by molar-refractivity contribution is 0.230. The third-order valence-corrected chi connectivity index (χ3v) is 8.18. The molecule has 0 saturated carbocycles. The molecule has 208 valence electrons. The number of pyridine rings is 1. The summed E-state index contributed by atoms with van der Waals surface area (Å²) in [5, 5.41) is 6.64. The maximum atomic E-state index is 14.5. The van der Waals surface area contributed by atoms with E-state index >= 15 is 0 Å². The average Bonchev–Trinajstić information content (AvgIpc) is 3.52. The van der Waals surface area contributed by atoms with Crippen molar-refractivity contribution >= 4 is 32.8 Å². The Balaban J connectivity index is 1.47. The molecule has 1 N–H and O–H groups in total. The molecular formula is C32H31FN6O2. The zero-order valence-corrected chi connectivity index (χ0v) is 23.4. The molecule has 0 atom stereocenters. The Morgan fingerprint density at radius 3 is 2.63 bits per heavy atom. The second-order valence-electron chi connectivity index (χ2n) is 10.8. The smallest absolute Gasteiger partial charge is 0.142 e. The first-order valence-electron chi connectivity index (χ1n) is 14.1. The summed E-state index contributed by atoms with van der Waals surface area (Å²) in [6.45, 7) is 6.95. The largest absolute Gasteiger partial charge is 0.496 e. The Morgan fingerprint density at radius 1 is 1.00 bits per heavy atom. The van der Waals surface area contributed by atoms with E-state index in [-0.39, 0.29) is 5.82 Å². The van der Waals surface area contributed by atoms with Gasteiger partial charge in [-0.05, 0) is 76.2 Å². The van der Waals surface area contributed by atoms with Gasteiger partial charge in [0.15, 0.2) is 0 Å². The molecule has 41 heavy (non-hydrogen) atoms. The molecule has 8 nitrogen and oxygen atoms in total. The van der Waals surface area contributed by atoms with Crippen LogP contribution in [0.4, 0.5) is 4.39 Å². The van der Waals surface area contributed by atoms with Crippen LogP contribution in [0, 0.1) is 19.7 Å². The van der Waals surface area contributed by atoms with Crippen LogP contribution in [-0.2, 0) is 6.42 Å². The summed E-state index contributed by atoms with van der Waals surface area (Å²) in [5.41, 5.74) is 6.49. The number of hydrogen-bond donors (Lipinski definition) is 1. The summed E-state index contributed by atoms with van der Waals surface area (Å²) in [4.78, 5) is 20.7. The third kappa shape index (κ3) is 4.50. The van der Waals surface area contributed by atoms with Crippen LogP contribution in [0.3, 0.4) is 0 Å². The van der Waals surface area contributed by atoms with E-state index in [1.54, 1.807) is 19.4 Å².